The van der Waals surface area contributed by atoms with Crippen LogP contribution in [0, 0.1) is 6.92 Å². The van der Waals surface area contributed by atoms with Gasteiger partial charge < -0.3 is 5.73 Å². The van der Waals surface area contributed by atoms with E-state index < -0.39 is 0 Å². The monoisotopic (exact) mass is 184 g/mol. The smallest absolute Gasteiger partial charge is 0.0452 e. The number of nitrogens with two attached hydrogens (primary N) is 1. The van der Waals surface area contributed by atoms with E-state index in [9.17, 15) is 0 Å². The molecule has 1 aromatic heterocycles. The second-order valence-electron chi connectivity index (χ2n) is 3.04. The first-order valence-corrected chi connectivity index (χ1v) is 5.03. The number of rotatable bonds is 4. The van der Waals surface area contributed by atoms with Gasteiger partial charge in [-0.05, 0) is 37.4 Å². The lowest BCUT2D eigenvalue weighted by molar-refractivity contribution is 0.350. The van der Waals surface area contributed by atoms with Gasteiger partial charge in [0.25, 0.3) is 0 Å². The molecule has 0 aliphatic rings. The summed E-state index contributed by atoms with van der Waals surface area (Å²) >= 11 is 1.83. The van der Waals surface area contributed by atoms with Crippen LogP contribution >= 0.6 is 11.3 Å². The highest BCUT2D eigenvalue weighted by molar-refractivity contribution is 7.10. The second-order valence-corrected chi connectivity index (χ2v) is 4.04. The maximum absolute atomic E-state index is 5.48. The van der Waals surface area contributed by atoms with E-state index in [4.69, 9.17) is 5.73 Å². The predicted molar refractivity (Wildman–Crippen MR) is 54.4 cm³/mol. The third-order valence-electron chi connectivity index (χ3n) is 2.00. The summed E-state index contributed by atoms with van der Waals surface area (Å²) in [6.45, 7) is 3.86. The van der Waals surface area contributed by atoms with Crippen molar-refractivity contribution in [2.45, 2.75) is 13.3 Å². The Balaban J connectivity index is 2.38. The summed E-state index contributed by atoms with van der Waals surface area (Å²) in [7, 11) is 2.04. The minimum absolute atomic E-state index is 0.643. The second kappa shape index (κ2) is 4.60. The molecule has 0 unspecified atom stereocenters. The van der Waals surface area contributed by atoms with Gasteiger partial charge in [0.2, 0.25) is 0 Å². The van der Waals surface area contributed by atoms with E-state index in [0.717, 1.165) is 13.0 Å². The first-order valence-electron chi connectivity index (χ1n) is 4.15. The Morgan fingerprint density at radius 1 is 1.58 bits per heavy atom. The Bertz CT molecular complexity index is 232. The lowest BCUT2D eigenvalue weighted by Gasteiger charge is -2.12. The van der Waals surface area contributed by atoms with Gasteiger partial charge in [0.05, 0.1) is 0 Å². The number of hydrogen-bond acceptors (Lipinski definition) is 3. The molecular formula is C9H16N2S. The van der Waals surface area contributed by atoms with Gasteiger partial charge in [0.1, 0.15) is 0 Å². The first-order chi connectivity index (χ1) is 5.74. The van der Waals surface area contributed by atoms with E-state index >= 15 is 0 Å². The molecule has 0 amide bonds. The zero-order chi connectivity index (χ0) is 8.97. The Morgan fingerprint density at radius 2 is 2.33 bits per heavy atom. The van der Waals surface area contributed by atoms with Crippen LogP contribution in [0.2, 0.25) is 0 Å². The molecule has 0 saturated carbocycles. The van der Waals surface area contributed by atoms with Gasteiger partial charge in [-0.15, -0.1) is 11.3 Å². The molecule has 1 heterocycles. The van der Waals surface area contributed by atoms with Crippen molar-refractivity contribution in [1.29, 1.82) is 0 Å². The van der Waals surface area contributed by atoms with E-state index in [0.29, 0.717) is 6.67 Å². The number of likely N-dealkylation sites (N-methyl/N-ethyl adjacent to an activating group) is 1. The molecule has 2 N–H and O–H groups in total. The van der Waals surface area contributed by atoms with Crippen LogP contribution in [0.4, 0.5) is 0 Å². The third-order valence-corrected chi connectivity index (χ3v) is 3.08. The molecule has 12 heavy (non-hydrogen) atoms. The molecule has 1 rings (SSSR count). The number of nitrogens with zero attached hydrogens (tertiary/aromatic N) is 1. The molecule has 0 spiro atoms. The van der Waals surface area contributed by atoms with E-state index in [1.807, 2.05) is 18.4 Å². The fourth-order valence-corrected chi connectivity index (χ4v) is 1.94. The van der Waals surface area contributed by atoms with Crippen molar-refractivity contribution in [3.63, 3.8) is 0 Å². The molecule has 3 heteroatoms. The van der Waals surface area contributed by atoms with E-state index in [1.165, 1.54) is 10.4 Å². The van der Waals surface area contributed by atoms with Gasteiger partial charge in [-0.2, -0.15) is 0 Å². The molecule has 0 aliphatic heterocycles. The van der Waals surface area contributed by atoms with Gasteiger partial charge in [-0.1, -0.05) is 0 Å². The van der Waals surface area contributed by atoms with Crippen LogP contribution in [0.1, 0.15) is 10.4 Å². The lowest BCUT2D eigenvalue weighted by atomic mass is 10.2. The maximum atomic E-state index is 5.48. The fraction of sp³-hybridized carbons (Fsp3) is 0.556. The summed E-state index contributed by atoms with van der Waals surface area (Å²) in [6.07, 6.45) is 1.12. The topological polar surface area (TPSA) is 29.3 Å². The van der Waals surface area contributed by atoms with Crippen LogP contribution in [0.25, 0.3) is 0 Å². The molecule has 0 radical (unpaired) electrons. The molecule has 0 aliphatic carbocycles. The van der Waals surface area contributed by atoms with Gasteiger partial charge in [-0.3, -0.25) is 4.90 Å². The average molecular weight is 184 g/mol. The van der Waals surface area contributed by atoms with Crippen molar-refractivity contribution < 1.29 is 0 Å². The molecule has 0 fully saturated rings. The summed E-state index contributed by atoms with van der Waals surface area (Å²) in [5.41, 5.74) is 6.89. The Labute approximate surface area is 78.0 Å². The molecule has 0 saturated heterocycles. The van der Waals surface area contributed by atoms with Gasteiger partial charge >= 0.3 is 0 Å². The van der Waals surface area contributed by atoms with Gasteiger partial charge in [0.15, 0.2) is 0 Å². The minimum atomic E-state index is 0.643. The van der Waals surface area contributed by atoms with Gasteiger partial charge in [0, 0.05) is 18.1 Å². The summed E-state index contributed by atoms with van der Waals surface area (Å²) in [4.78, 5) is 3.61. The Morgan fingerprint density at radius 3 is 2.83 bits per heavy atom. The zero-order valence-electron chi connectivity index (χ0n) is 7.71. The fourth-order valence-electron chi connectivity index (χ4n) is 1.04. The molecule has 2 nitrogen and oxygen atoms in total. The van der Waals surface area contributed by atoms with E-state index in [2.05, 4.69) is 23.3 Å². The minimum Gasteiger partial charge on any atom is -0.318 e. The maximum Gasteiger partial charge on any atom is 0.0452 e. The van der Waals surface area contributed by atoms with Crippen LogP contribution in [0.5, 0.6) is 0 Å². The largest absolute Gasteiger partial charge is 0.318 e. The normalized spacial score (nSPS) is 11.0. The summed E-state index contributed by atoms with van der Waals surface area (Å²) in [5.74, 6) is 0. The highest BCUT2D eigenvalue weighted by Gasteiger charge is 2.00. The van der Waals surface area contributed by atoms with Crippen molar-refractivity contribution in [2.24, 2.45) is 5.73 Å². The average Bonchev–Trinajstić information content (AvgIpc) is 2.47. The molecule has 0 aromatic carbocycles. The van der Waals surface area contributed by atoms with Gasteiger partial charge in [-0.25, -0.2) is 0 Å². The zero-order valence-corrected chi connectivity index (χ0v) is 8.53. The van der Waals surface area contributed by atoms with Crippen molar-refractivity contribution in [3.8, 4) is 0 Å². The number of hydrogen-bond donors (Lipinski definition) is 1. The molecule has 68 valence electrons. The predicted octanol–water partition coefficient (Wildman–Crippen LogP) is 1.45. The third kappa shape index (κ3) is 2.59. The highest BCUT2D eigenvalue weighted by atomic mass is 32.1. The van der Waals surface area contributed by atoms with Crippen LogP contribution in [0.3, 0.4) is 0 Å². The lowest BCUT2D eigenvalue weighted by Crippen LogP contribution is -2.27. The highest BCUT2D eigenvalue weighted by Crippen LogP contribution is 2.15. The summed E-state index contributed by atoms with van der Waals surface area (Å²) in [6, 6.07) is 2.17. The van der Waals surface area contributed by atoms with Crippen molar-refractivity contribution >= 4 is 11.3 Å². The molecular weight excluding hydrogens is 168 g/mol. The Hall–Kier alpha value is -0.380. The number of thiophene rings is 1. The van der Waals surface area contributed by atoms with Crippen molar-refractivity contribution in [3.05, 3.63) is 21.9 Å². The van der Waals surface area contributed by atoms with Crippen molar-refractivity contribution in [1.82, 2.24) is 4.90 Å². The molecule has 0 bridgehead atoms. The van der Waals surface area contributed by atoms with E-state index in [-0.39, 0.29) is 0 Å². The molecule has 0 atom stereocenters. The summed E-state index contributed by atoms with van der Waals surface area (Å²) < 4.78 is 0. The first kappa shape index (κ1) is 9.71. The quantitative estimate of drug-likeness (QED) is 0.718. The standard InChI is InChI=1S/C9H16N2S/c1-8-4-6-12-9(8)3-5-11(2)7-10/h4,6H,3,5,7,10H2,1-2H3. The molecule has 1 aromatic rings. The SMILES string of the molecule is Cc1ccsc1CCN(C)CN. The van der Waals surface area contributed by atoms with E-state index in [1.54, 1.807) is 0 Å². The van der Waals surface area contributed by atoms with Crippen LogP contribution < -0.4 is 5.73 Å². The summed E-state index contributed by atoms with van der Waals surface area (Å²) in [5, 5.41) is 2.15. The van der Waals surface area contributed by atoms with Crippen LogP contribution in [-0.2, 0) is 6.42 Å². The van der Waals surface area contributed by atoms with Crippen molar-refractivity contribution in [2.75, 3.05) is 20.3 Å². The Kier molecular flexibility index (Phi) is 3.72. The van der Waals surface area contributed by atoms with Crippen LogP contribution in [0.15, 0.2) is 11.4 Å². The van der Waals surface area contributed by atoms with Crippen LogP contribution in [-0.4, -0.2) is 25.2 Å². The number of aryl methyl sites for hydroxylation is 1.